The van der Waals surface area contributed by atoms with E-state index in [-0.39, 0.29) is 30.7 Å². The molecule has 0 amide bonds. The first-order chi connectivity index (χ1) is 14.6. The highest BCUT2D eigenvalue weighted by molar-refractivity contribution is 7.91. The highest BCUT2D eigenvalue weighted by Gasteiger charge is 2.33. The molecule has 0 aromatic heterocycles. The van der Waals surface area contributed by atoms with Gasteiger partial charge in [0, 0.05) is 29.2 Å². The van der Waals surface area contributed by atoms with Crippen LogP contribution >= 0.6 is 23.2 Å². The summed E-state index contributed by atoms with van der Waals surface area (Å²) in [5.74, 6) is 1.38. The van der Waals surface area contributed by atoms with E-state index in [9.17, 15) is 13.5 Å². The molecule has 1 aliphatic rings. The van der Waals surface area contributed by atoms with E-state index in [0.717, 1.165) is 5.56 Å². The molecule has 2 aromatic rings. The number of aliphatic hydroxyl groups is 1. The summed E-state index contributed by atoms with van der Waals surface area (Å²) in [4.78, 5) is 1.98. The van der Waals surface area contributed by atoms with E-state index in [0.29, 0.717) is 34.7 Å². The average molecular weight is 486 g/mol. The molecule has 2 unspecified atom stereocenters. The lowest BCUT2D eigenvalue weighted by Crippen LogP contribution is -2.42. The number of aliphatic hydroxyl groups excluding tert-OH is 1. The van der Waals surface area contributed by atoms with Gasteiger partial charge in [0.1, 0.15) is 18.5 Å². The standard InChI is InChI=1S/C23H29Cl2NO4S/c1-16(2)17-4-7-22(8-5-17)30-14-21(27)13-26(20-9-10-31(28,29)15-20)12-18-3-6-19(24)11-23(18)25/h3-8,11,16,20-21,27H,9-10,12-15H2,1-2H3. The summed E-state index contributed by atoms with van der Waals surface area (Å²) in [7, 11) is -3.06. The Morgan fingerprint density at radius 1 is 1.16 bits per heavy atom. The molecule has 31 heavy (non-hydrogen) atoms. The van der Waals surface area contributed by atoms with Gasteiger partial charge in [-0.25, -0.2) is 8.42 Å². The molecule has 5 nitrogen and oxygen atoms in total. The van der Waals surface area contributed by atoms with Crippen LogP contribution in [0.3, 0.4) is 0 Å². The van der Waals surface area contributed by atoms with Crippen LogP contribution in [0, 0.1) is 0 Å². The molecule has 0 aliphatic carbocycles. The Balaban J connectivity index is 1.65. The molecule has 170 valence electrons. The average Bonchev–Trinajstić information content (AvgIpc) is 3.07. The first kappa shape index (κ1) is 24.3. The van der Waals surface area contributed by atoms with Gasteiger partial charge in [-0.2, -0.15) is 0 Å². The van der Waals surface area contributed by atoms with Gasteiger partial charge in [-0.3, -0.25) is 4.90 Å². The van der Waals surface area contributed by atoms with Gasteiger partial charge in [-0.15, -0.1) is 0 Å². The number of hydrogen-bond donors (Lipinski definition) is 1. The third-order valence-electron chi connectivity index (χ3n) is 5.55. The van der Waals surface area contributed by atoms with Crippen molar-refractivity contribution in [3.8, 4) is 5.75 Å². The van der Waals surface area contributed by atoms with Crippen molar-refractivity contribution in [1.82, 2.24) is 4.90 Å². The van der Waals surface area contributed by atoms with Gasteiger partial charge in [0.25, 0.3) is 0 Å². The topological polar surface area (TPSA) is 66.8 Å². The van der Waals surface area contributed by atoms with E-state index in [2.05, 4.69) is 13.8 Å². The predicted octanol–water partition coefficient (Wildman–Crippen LogP) is 4.55. The second kappa shape index (κ2) is 10.5. The Labute approximate surface area is 194 Å². The normalized spacial score (nSPS) is 19.1. The molecular formula is C23H29Cl2NO4S. The van der Waals surface area contributed by atoms with Crippen molar-refractivity contribution in [3.05, 3.63) is 63.6 Å². The first-order valence-electron chi connectivity index (χ1n) is 10.4. The zero-order valence-electron chi connectivity index (χ0n) is 17.8. The second-order valence-corrected chi connectivity index (χ2v) is 11.5. The van der Waals surface area contributed by atoms with Crippen molar-refractivity contribution in [2.24, 2.45) is 0 Å². The molecule has 2 aromatic carbocycles. The van der Waals surface area contributed by atoms with Crippen molar-refractivity contribution >= 4 is 33.0 Å². The third-order valence-corrected chi connectivity index (χ3v) is 7.89. The molecule has 1 heterocycles. The molecule has 3 rings (SSSR count). The maximum Gasteiger partial charge on any atom is 0.151 e. The van der Waals surface area contributed by atoms with E-state index in [4.69, 9.17) is 27.9 Å². The summed E-state index contributed by atoms with van der Waals surface area (Å²) in [6.45, 7) is 5.08. The van der Waals surface area contributed by atoms with Gasteiger partial charge < -0.3 is 9.84 Å². The van der Waals surface area contributed by atoms with Gasteiger partial charge >= 0.3 is 0 Å². The van der Waals surface area contributed by atoms with E-state index >= 15 is 0 Å². The third kappa shape index (κ3) is 7.09. The summed E-state index contributed by atoms with van der Waals surface area (Å²) in [6, 6.07) is 12.9. The van der Waals surface area contributed by atoms with Crippen LogP contribution < -0.4 is 4.74 Å². The predicted molar refractivity (Wildman–Crippen MR) is 126 cm³/mol. The summed E-state index contributed by atoms with van der Waals surface area (Å²) >= 11 is 12.3. The monoisotopic (exact) mass is 485 g/mol. The Hall–Kier alpha value is -1.31. The zero-order chi connectivity index (χ0) is 22.6. The maximum atomic E-state index is 12.0. The lowest BCUT2D eigenvalue weighted by Gasteiger charge is -2.30. The number of benzene rings is 2. The molecule has 1 aliphatic heterocycles. The first-order valence-corrected chi connectivity index (χ1v) is 13.0. The molecule has 0 spiro atoms. The summed E-state index contributed by atoms with van der Waals surface area (Å²) in [5.41, 5.74) is 2.06. The minimum absolute atomic E-state index is 0.0858. The lowest BCUT2D eigenvalue weighted by molar-refractivity contribution is 0.0525. The van der Waals surface area contributed by atoms with Crippen LogP contribution in [0.1, 0.15) is 37.3 Å². The van der Waals surface area contributed by atoms with Crippen LogP contribution in [0.2, 0.25) is 10.0 Å². The van der Waals surface area contributed by atoms with Crippen molar-refractivity contribution < 1.29 is 18.3 Å². The van der Waals surface area contributed by atoms with Crippen LogP contribution in [-0.2, 0) is 16.4 Å². The highest BCUT2D eigenvalue weighted by Crippen LogP contribution is 2.26. The van der Waals surface area contributed by atoms with Crippen LogP contribution in [0.15, 0.2) is 42.5 Å². The molecule has 1 N–H and O–H groups in total. The van der Waals surface area contributed by atoms with Gasteiger partial charge in [-0.05, 0) is 47.7 Å². The van der Waals surface area contributed by atoms with Crippen molar-refractivity contribution in [1.29, 1.82) is 0 Å². The number of halogens is 2. The number of hydrogen-bond acceptors (Lipinski definition) is 5. The van der Waals surface area contributed by atoms with Crippen molar-refractivity contribution in [2.75, 3.05) is 24.7 Å². The van der Waals surface area contributed by atoms with Crippen LogP contribution in [0.25, 0.3) is 0 Å². The molecule has 8 heteroatoms. The van der Waals surface area contributed by atoms with E-state index < -0.39 is 15.9 Å². The quantitative estimate of drug-likeness (QED) is 0.564. The molecule has 1 fully saturated rings. The molecule has 1 saturated heterocycles. The Morgan fingerprint density at radius 3 is 2.45 bits per heavy atom. The Kier molecular flexibility index (Phi) is 8.27. The summed E-state index contributed by atoms with van der Waals surface area (Å²) in [5, 5.41) is 11.7. The molecule has 2 atom stereocenters. The van der Waals surface area contributed by atoms with Gasteiger partial charge in [0.05, 0.1) is 11.5 Å². The minimum atomic E-state index is -3.06. The smallest absolute Gasteiger partial charge is 0.151 e. The zero-order valence-corrected chi connectivity index (χ0v) is 20.1. The Bertz CT molecular complexity index is 980. The maximum absolute atomic E-state index is 12.0. The molecule has 0 radical (unpaired) electrons. The summed E-state index contributed by atoms with van der Waals surface area (Å²) < 4.78 is 29.8. The fourth-order valence-corrected chi connectivity index (χ4v) is 5.97. The van der Waals surface area contributed by atoms with Crippen LogP contribution in [0.4, 0.5) is 0 Å². The van der Waals surface area contributed by atoms with E-state index in [1.165, 1.54) is 5.56 Å². The van der Waals surface area contributed by atoms with Crippen molar-refractivity contribution in [3.63, 3.8) is 0 Å². The number of sulfone groups is 1. The number of nitrogens with zero attached hydrogens (tertiary/aromatic N) is 1. The number of rotatable bonds is 9. The van der Waals surface area contributed by atoms with Crippen molar-refractivity contribution in [2.45, 2.75) is 44.9 Å². The largest absolute Gasteiger partial charge is 0.491 e. The highest BCUT2D eigenvalue weighted by atomic mass is 35.5. The van der Waals surface area contributed by atoms with E-state index in [1.807, 2.05) is 35.2 Å². The minimum Gasteiger partial charge on any atom is -0.491 e. The lowest BCUT2D eigenvalue weighted by atomic mass is 10.0. The fraction of sp³-hybridized carbons (Fsp3) is 0.478. The fourth-order valence-electron chi connectivity index (χ4n) is 3.74. The SMILES string of the molecule is CC(C)c1ccc(OCC(O)CN(Cc2ccc(Cl)cc2Cl)C2CCS(=O)(=O)C2)cc1. The number of ether oxygens (including phenoxy) is 1. The second-order valence-electron chi connectivity index (χ2n) is 8.41. The van der Waals surface area contributed by atoms with Gasteiger partial charge in [0.15, 0.2) is 9.84 Å². The van der Waals surface area contributed by atoms with E-state index in [1.54, 1.807) is 12.1 Å². The van der Waals surface area contributed by atoms with Crippen LogP contribution in [-0.4, -0.2) is 55.2 Å². The van der Waals surface area contributed by atoms with Crippen LogP contribution in [0.5, 0.6) is 5.75 Å². The molecular weight excluding hydrogens is 457 g/mol. The molecule has 0 saturated carbocycles. The Morgan fingerprint density at radius 2 is 1.87 bits per heavy atom. The summed E-state index contributed by atoms with van der Waals surface area (Å²) in [6.07, 6.45) is -0.239. The van der Waals surface area contributed by atoms with Gasteiger partial charge in [-0.1, -0.05) is 55.2 Å². The van der Waals surface area contributed by atoms with Gasteiger partial charge in [0.2, 0.25) is 0 Å². The molecule has 0 bridgehead atoms.